The average Bonchev–Trinajstić information content (AvgIpc) is 2.83. The SMILES string of the molecule is O=[N+]([O-])c1cccc(NS(=O)(=O)c2cccc3c(S(=O)(=O)Nc4cccc([N+](=O)[O-])c4)cccc23)c1. The second kappa shape index (κ2) is 9.24. The van der Waals surface area contributed by atoms with Gasteiger partial charge < -0.3 is 0 Å². The van der Waals surface area contributed by atoms with E-state index in [2.05, 4.69) is 9.44 Å². The van der Waals surface area contributed by atoms with Crippen LogP contribution in [0.5, 0.6) is 0 Å². The predicted octanol–water partition coefficient (Wildman–Crippen LogP) is 4.26. The predicted molar refractivity (Wildman–Crippen MR) is 132 cm³/mol. The van der Waals surface area contributed by atoms with Crippen LogP contribution in [0.15, 0.2) is 94.7 Å². The number of nitrogens with one attached hydrogen (secondary N) is 2. The van der Waals surface area contributed by atoms with E-state index >= 15 is 0 Å². The quantitative estimate of drug-likeness (QED) is 0.251. The Morgan fingerprint density at radius 1 is 0.556 bits per heavy atom. The highest BCUT2D eigenvalue weighted by molar-refractivity contribution is 7.93. The lowest BCUT2D eigenvalue weighted by molar-refractivity contribution is -0.385. The van der Waals surface area contributed by atoms with Gasteiger partial charge in [-0.15, -0.1) is 0 Å². The molecule has 0 bridgehead atoms. The van der Waals surface area contributed by atoms with Crippen LogP contribution < -0.4 is 9.44 Å². The molecule has 0 atom stereocenters. The number of non-ortho nitro benzene ring substituents is 2. The van der Waals surface area contributed by atoms with Gasteiger partial charge in [-0.3, -0.25) is 29.7 Å². The summed E-state index contributed by atoms with van der Waals surface area (Å²) in [5, 5.41) is 22.2. The molecule has 4 rings (SSSR count). The molecule has 4 aromatic rings. The lowest BCUT2D eigenvalue weighted by atomic mass is 10.1. The molecule has 2 N–H and O–H groups in total. The molecular formula is C22H16N4O8S2. The largest absolute Gasteiger partial charge is 0.279 e. The smallest absolute Gasteiger partial charge is 0.271 e. The summed E-state index contributed by atoms with van der Waals surface area (Å²) in [5.41, 5.74) is -0.711. The molecule has 184 valence electrons. The van der Waals surface area contributed by atoms with Gasteiger partial charge in [-0.1, -0.05) is 36.4 Å². The number of rotatable bonds is 8. The Hall–Kier alpha value is -4.56. The van der Waals surface area contributed by atoms with Gasteiger partial charge in [0.2, 0.25) is 0 Å². The maximum absolute atomic E-state index is 13.1. The zero-order valence-electron chi connectivity index (χ0n) is 18.1. The van der Waals surface area contributed by atoms with E-state index in [1.807, 2.05) is 0 Å². The fourth-order valence-corrected chi connectivity index (χ4v) is 6.05. The summed E-state index contributed by atoms with van der Waals surface area (Å²) in [6, 6.07) is 18.0. The minimum atomic E-state index is -4.28. The van der Waals surface area contributed by atoms with E-state index in [9.17, 15) is 37.1 Å². The van der Waals surface area contributed by atoms with Gasteiger partial charge in [0.15, 0.2) is 0 Å². The number of benzene rings is 4. The number of hydrogen-bond donors (Lipinski definition) is 2. The molecule has 4 aromatic carbocycles. The van der Waals surface area contributed by atoms with Crippen LogP contribution in [0.4, 0.5) is 22.7 Å². The molecule has 0 saturated carbocycles. The Bertz CT molecular complexity index is 1610. The molecule has 0 amide bonds. The van der Waals surface area contributed by atoms with Crippen LogP contribution >= 0.6 is 0 Å². The Morgan fingerprint density at radius 3 is 1.28 bits per heavy atom. The third kappa shape index (κ3) is 4.94. The number of hydrogen-bond acceptors (Lipinski definition) is 8. The zero-order chi connectivity index (χ0) is 26.1. The molecule has 0 aromatic heterocycles. The second-order valence-electron chi connectivity index (χ2n) is 7.43. The van der Waals surface area contributed by atoms with Crippen molar-refractivity contribution in [2.24, 2.45) is 0 Å². The molecule has 0 spiro atoms. The number of anilines is 2. The zero-order valence-corrected chi connectivity index (χ0v) is 19.7. The maximum Gasteiger partial charge on any atom is 0.271 e. The first-order valence-corrected chi connectivity index (χ1v) is 13.0. The first-order chi connectivity index (χ1) is 17.0. The van der Waals surface area contributed by atoms with Crippen molar-refractivity contribution >= 4 is 53.6 Å². The van der Waals surface area contributed by atoms with Gasteiger partial charge in [-0.25, -0.2) is 16.8 Å². The van der Waals surface area contributed by atoms with Gasteiger partial charge in [0.25, 0.3) is 31.4 Å². The Morgan fingerprint density at radius 2 is 0.917 bits per heavy atom. The summed E-state index contributed by atoms with van der Waals surface area (Å²) < 4.78 is 57.1. The highest BCUT2D eigenvalue weighted by Gasteiger charge is 2.23. The molecule has 0 aliphatic rings. The van der Waals surface area contributed by atoms with Gasteiger partial charge >= 0.3 is 0 Å². The lowest BCUT2D eigenvalue weighted by Gasteiger charge is -2.14. The summed E-state index contributed by atoms with van der Waals surface area (Å²) in [6.07, 6.45) is 0. The van der Waals surface area contributed by atoms with Crippen molar-refractivity contribution in [2.45, 2.75) is 9.79 Å². The standard InChI is InChI=1S/C22H16N4O8S2/c27-25(28)17-7-1-5-15(13-17)23-35(31,32)21-11-3-10-20-19(21)9-4-12-22(20)36(33,34)24-16-6-2-8-18(14-16)26(29)30/h1-14,23-24H. The van der Waals surface area contributed by atoms with Crippen LogP contribution in [0.2, 0.25) is 0 Å². The van der Waals surface area contributed by atoms with Crippen molar-refractivity contribution in [1.29, 1.82) is 0 Å². The number of nitrogens with zero attached hydrogens (tertiary/aromatic N) is 2. The van der Waals surface area contributed by atoms with Crippen molar-refractivity contribution in [3.8, 4) is 0 Å². The van der Waals surface area contributed by atoms with Crippen molar-refractivity contribution in [3.05, 3.63) is 105 Å². The highest BCUT2D eigenvalue weighted by atomic mass is 32.2. The fourth-order valence-electron chi connectivity index (χ4n) is 3.51. The topological polar surface area (TPSA) is 179 Å². The number of nitro groups is 2. The van der Waals surface area contributed by atoms with E-state index in [0.717, 1.165) is 12.1 Å². The molecule has 0 saturated heterocycles. The summed E-state index contributed by atoms with van der Waals surface area (Å²) in [5.74, 6) is 0. The minimum absolute atomic E-state index is 0.0442. The summed E-state index contributed by atoms with van der Waals surface area (Å²) in [7, 11) is -8.56. The van der Waals surface area contributed by atoms with Gasteiger partial charge in [0, 0.05) is 35.0 Å². The molecular weight excluding hydrogens is 512 g/mol. The van der Waals surface area contributed by atoms with E-state index in [1.54, 1.807) is 0 Å². The fraction of sp³-hybridized carbons (Fsp3) is 0. The highest BCUT2D eigenvalue weighted by Crippen LogP contribution is 2.31. The number of nitro benzene ring substituents is 2. The van der Waals surface area contributed by atoms with Gasteiger partial charge in [0.1, 0.15) is 0 Å². The van der Waals surface area contributed by atoms with Crippen LogP contribution in [0, 0.1) is 20.2 Å². The maximum atomic E-state index is 13.1. The van der Waals surface area contributed by atoms with Crippen LogP contribution in [0.1, 0.15) is 0 Å². The Labute approximate surface area is 204 Å². The van der Waals surface area contributed by atoms with Crippen molar-refractivity contribution in [1.82, 2.24) is 0 Å². The van der Waals surface area contributed by atoms with Crippen LogP contribution in [0.3, 0.4) is 0 Å². The van der Waals surface area contributed by atoms with Crippen molar-refractivity contribution in [3.63, 3.8) is 0 Å². The molecule has 14 heteroatoms. The molecule has 0 radical (unpaired) electrons. The average molecular weight is 529 g/mol. The number of fused-ring (bicyclic) bond motifs is 1. The van der Waals surface area contributed by atoms with E-state index in [0.29, 0.717) is 0 Å². The van der Waals surface area contributed by atoms with E-state index in [-0.39, 0.29) is 43.3 Å². The minimum Gasteiger partial charge on any atom is -0.279 e. The van der Waals surface area contributed by atoms with E-state index in [4.69, 9.17) is 0 Å². The first kappa shape index (κ1) is 24.6. The molecule has 0 unspecified atom stereocenters. The summed E-state index contributed by atoms with van der Waals surface area (Å²) in [4.78, 5) is 20.2. The monoisotopic (exact) mass is 528 g/mol. The van der Waals surface area contributed by atoms with Crippen molar-refractivity contribution in [2.75, 3.05) is 9.44 Å². The normalized spacial score (nSPS) is 11.7. The summed E-state index contributed by atoms with van der Waals surface area (Å²) >= 11 is 0. The molecule has 0 heterocycles. The van der Waals surface area contributed by atoms with Crippen LogP contribution in [-0.4, -0.2) is 26.7 Å². The second-order valence-corrected chi connectivity index (χ2v) is 10.7. The Balaban J connectivity index is 1.76. The van der Waals surface area contributed by atoms with E-state index in [1.165, 1.54) is 72.8 Å². The van der Waals surface area contributed by atoms with Crippen molar-refractivity contribution < 1.29 is 26.7 Å². The van der Waals surface area contributed by atoms with Gasteiger partial charge in [0.05, 0.1) is 31.0 Å². The summed E-state index contributed by atoms with van der Waals surface area (Å²) in [6.45, 7) is 0. The van der Waals surface area contributed by atoms with Gasteiger partial charge in [-0.2, -0.15) is 0 Å². The van der Waals surface area contributed by atoms with E-state index < -0.39 is 29.9 Å². The molecule has 36 heavy (non-hydrogen) atoms. The third-order valence-electron chi connectivity index (χ3n) is 5.04. The lowest BCUT2D eigenvalue weighted by Crippen LogP contribution is -2.15. The first-order valence-electron chi connectivity index (χ1n) is 10.0. The van der Waals surface area contributed by atoms with Crippen LogP contribution in [-0.2, 0) is 20.0 Å². The molecule has 12 nitrogen and oxygen atoms in total. The third-order valence-corrected chi connectivity index (χ3v) is 7.92. The van der Waals surface area contributed by atoms with Gasteiger partial charge in [-0.05, 0) is 24.3 Å². The molecule has 0 aliphatic carbocycles. The molecule has 0 fully saturated rings. The number of sulfonamides is 2. The molecule has 0 aliphatic heterocycles. The Kier molecular flexibility index (Phi) is 6.30. The van der Waals surface area contributed by atoms with Crippen LogP contribution in [0.25, 0.3) is 10.8 Å².